The Kier molecular flexibility index (Phi) is 8.43. The molecule has 1 N–H and O–H groups in total. The molecule has 0 radical (unpaired) electrons. The van der Waals surface area contributed by atoms with E-state index in [9.17, 15) is 4.79 Å². The van der Waals surface area contributed by atoms with E-state index in [0.29, 0.717) is 11.7 Å². The second-order valence-electron chi connectivity index (χ2n) is 5.44. The van der Waals surface area contributed by atoms with Crippen molar-refractivity contribution in [2.24, 2.45) is 5.92 Å². The summed E-state index contributed by atoms with van der Waals surface area (Å²) in [7, 11) is 0. The zero-order valence-electron chi connectivity index (χ0n) is 13.2. The maximum Gasteiger partial charge on any atom is 0.257 e. The molecule has 0 saturated carbocycles. The number of rotatable bonds is 9. The summed E-state index contributed by atoms with van der Waals surface area (Å²) >= 11 is 3.44. The molecule has 0 spiro atoms. The average Bonchev–Trinajstić information content (AvgIpc) is 2.46. The third-order valence-electron chi connectivity index (χ3n) is 3.58. The van der Waals surface area contributed by atoms with Crippen molar-refractivity contribution in [3.05, 3.63) is 28.2 Å². The summed E-state index contributed by atoms with van der Waals surface area (Å²) in [4.78, 5) is 11.8. The van der Waals surface area contributed by atoms with Gasteiger partial charge in [-0.15, -0.1) is 0 Å². The van der Waals surface area contributed by atoms with E-state index in [1.165, 1.54) is 19.3 Å². The largest absolute Gasteiger partial charge is 0.483 e. The first kappa shape index (κ1) is 18.0. The number of carbonyl (C=O) groups is 1. The molecule has 0 heterocycles. The molecule has 1 aromatic rings. The van der Waals surface area contributed by atoms with Crippen molar-refractivity contribution in [3.8, 4) is 5.75 Å². The van der Waals surface area contributed by atoms with Gasteiger partial charge in [0.15, 0.2) is 6.61 Å². The van der Waals surface area contributed by atoms with Gasteiger partial charge in [-0.05, 0) is 52.9 Å². The highest BCUT2D eigenvalue weighted by molar-refractivity contribution is 9.10. The quantitative estimate of drug-likeness (QED) is 0.709. The molecule has 21 heavy (non-hydrogen) atoms. The van der Waals surface area contributed by atoms with Gasteiger partial charge < -0.3 is 10.1 Å². The molecule has 0 fully saturated rings. The number of hydrogen-bond donors (Lipinski definition) is 1. The van der Waals surface area contributed by atoms with Gasteiger partial charge in [0.05, 0.1) is 4.47 Å². The number of carbonyl (C=O) groups excluding carboxylic acids is 1. The van der Waals surface area contributed by atoms with Crippen molar-refractivity contribution in [1.82, 2.24) is 5.32 Å². The standard InChI is InChI=1S/C17H26BrNO2/c1-4-6-7-14(5-2)11-19-17(20)12-21-16-9-8-13(3)10-15(16)18/h8-10,14H,4-7,11-12H2,1-3H3,(H,19,20). The van der Waals surface area contributed by atoms with Gasteiger partial charge in [-0.3, -0.25) is 4.79 Å². The van der Waals surface area contributed by atoms with Crippen LogP contribution in [-0.2, 0) is 4.79 Å². The normalized spacial score (nSPS) is 12.0. The first-order valence-corrected chi connectivity index (χ1v) is 8.51. The van der Waals surface area contributed by atoms with Crippen LogP contribution in [0.3, 0.4) is 0 Å². The van der Waals surface area contributed by atoms with Gasteiger partial charge in [-0.1, -0.05) is 39.2 Å². The molecule has 0 saturated heterocycles. The van der Waals surface area contributed by atoms with Crippen LogP contribution in [0.15, 0.2) is 22.7 Å². The minimum absolute atomic E-state index is 0.0579. The van der Waals surface area contributed by atoms with Crippen molar-refractivity contribution in [2.45, 2.75) is 46.5 Å². The molecule has 1 aromatic carbocycles. The minimum Gasteiger partial charge on any atom is -0.483 e. The van der Waals surface area contributed by atoms with Gasteiger partial charge in [0.1, 0.15) is 5.75 Å². The fourth-order valence-electron chi connectivity index (χ4n) is 2.12. The van der Waals surface area contributed by atoms with Crippen LogP contribution >= 0.6 is 15.9 Å². The Labute approximate surface area is 136 Å². The smallest absolute Gasteiger partial charge is 0.257 e. The summed E-state index contributed by atoms with van der Waals surface area (Å²) in [5, 5.41) is 2.96. The molecular formula is C17H26BrNO2. The van der Waals surface area contributed by atoms with Crippen LogP contribution in [0.1, 0.15) is 45.1 Å². The van der Waals surface area contributed by atoms with Crippen molar-refractivity contribution < 1.29 is 9.53 Å². The predicted molar refractivity (Wildman–Crippen MR) is 90.7 cm³/mol. The lowest BCUT2D eigenvalue weighted by Gasteiger charge is -2.15. The summed E-state index contributed by atoms with van der Waals surface area (Å²) in [6.45, 7) is 7.19. The molecular weight excluding hydrogens is 330 g/mol. The van der Waals surface area contributed by atoms with Crippen molar-refractivity contribution >= 4 is 21.8 Å². The minimum atomic E-state index is -0.0579. The first-order valence-electron chi connectivity index (χ1n) is 7.72. The second-order valence-corrected chi connectivity index (χ2v) is 6.30. The Morgan fingerprint density at radius 1 is 1.38 bits per heavy atom. The van der Waals surface area contributed by atoms with E-state index in [1.54, 1.807) is 0 Å². The zero-order valence-corrected chi connectivity index (χ0v) is 14.8. The monoisotopic (exact) mass is 355 g/mol. The van der Waals surface area contributed by atoms with Crippen LogP contribution in [-0.4, -0.2) is 19.1 Å². The molecule has 0 aliphatic rings. The zero-order chi connectivity index (χ0) is 15.7. The number of amides is 1. The number of hydrogen-bond acceptors (Lipinski definition) is 2. The Morgan fingerprint density at radius 3 is 2.76 bits per heavy atom. The summed E-state index contributed by atoms with van der Waals surface area (Å²) < 4.78 is 6.42. The van der Waals surface area contributed by atoms with Crippen molar-refractivity contribution in [2.75, 3.05) is 13.2 Å². The van der Waals surface area contributed by atoms with Gasteiger partial charge in [0, 0.05) is 6.54 Å². The SMILES string of the molecule is CCCCC(CC)CNC(=O)COc1ccc(C)cc1Br. The maximum atomic E-state index is 11.8. The number of nitrogens with one attached hydrogen (secondary N) is 1. The van der Waals surface area contributed by atoms with E-state index >= 15 is 0 Å². The molecule has 118 valence electrons. The number of unbranched alkanes of at least 4 members (excludes halogenated alkanes) is 1. The topological polar surface area (TPSA) is 38.3 Å². The van der Waals surface area contributed by atoms with E-state index in [-0.39, 0.29) is 12.5 Å². The van der Waals surface area contributed by atoms with E-state index < -0.39 is 0 Å². The molecule has 3 nitrogen and oxygen atoms in total. The van der Waals surface area contributed by atoms with Crippen molar-refractivity contribution in [1.29, 1.82) is 0 Å². The van der Waals surface area contributed by atoms with Crippen molar-refractivity contribution in [3.63, 3.8) is 0 Å². The van der Waals surface area contributed by atoms with Gasteiger partial charge >= 0.3 is 0 Å². The Bertz CT molecular complexity index is 448. The van der Waals surface area contributed by atoms with Crippen LogP contribution in [0.4, 0.5) is 0 Å². The molecule has 0 aliphatic carbocycles. The van der Waals surface area contributed by atoms with Gasteiger partial charge in [-0.25, -0.2) is 0 Å². The van der Waals surface area contributed by atoms with Crippen LogP contribution < -0.4 is 10.1 Å². The molecule has 0 aromatic heterocycles. The Hall–Kier alpha value is -1.03. The molecule has 0 aliphatic heterocycles. The molecule has 1 atom stereocenters. The van der Waals surface area contributed by atoms with Gasteiger partial charge in [0.25, 0.3) is 5.91 Å². The van der Waals surface area contributed by atoms with E-state index in [0.717, 1.165) is 23.0 Å². The highest BCUT2D eigenvalue weighted by Crippen LogP contribution is 2.25. The summed E-state index contributed by atoms with van der Waals surface area (Å²) in [6.07, 6.45) is 4.71. The number of aryl methyl sites for hydroxylation is 1. The van der Waals surface area contributed by atoms with Crippen LogP contribution in [0.25, 0.3) is 0 Å². The Balaban J connectivity index is 2.33. The lowest BCUT2D eigenvalue weighted by Crippen LogP contribution is -2.33. The predicted octanol–water partition coefficient (Wildman–Crippen LogP) is 4.47. The third kappa shape index (κ3) is 6.98. The number of ether oxygens (including phenoxy) is 1. The fourth-order valence-corrected chi connectivity index (χ4v) is 2.73. The van der Waals surface area contributed by atoms with Crippen LogP contribution in [0.2, 0.25) is 0 Å². The highest BCUT2D eigenvalue weighted by atomic mass is 79.9. The molecule has 1 amide bonds. The van der Waals surface area contributed by atoms with E-state index in [4.69, 9.17) is 4.74 Å². The van der Waals surface area contributed by atoms with Crippen LogP contribution in [0.5, 0.6) is 5.75 Å². The number of halogens is 1. The molecule has 1 rings (SSSR count). The average molecular weight is 356 g/mol. The fraction of sp³-hybridized carbons (Fsp3) is 0.588. The van der Waals surface area contributed by atoms with E-state index in [1.807, 2.05) is 25.1 Å². The number of benzene rings is 1. The van der Waals surface area contributed by atoms with Gasteiger partial charge in [0.2, 0.25) is 0 Å². The molecule has 1 unspecified atom stereocenters. The lowest BCUT2D eigenvalue weighted by atomic mass is 9.99. The highest BCUT2D eigenvalue weighted by Gasteiger charge is 2.09. The summed E-state index contributed by atoms with van der Waals surface area (Å²) in [6, 6.07) is 5.82. The molecule has 0 bridgehead atoms. The second kappa shape index (κ2) is 9.82. The van der Waals surface area contributed by atoms with Gasteiger partial charge in [-0.2, -0.15) is 0 Å². The van der Waals surface area contributed by atoms with Crippen LogP contribution in [0, 0.1) is 12.8 Å². The lowest BCUT2D eigenvalue weighted by molar-refractivity contribution is -0.123. The maximum absolute atomic E-state index is 11.8. The Morgan fingerprint density at radius 2 is 2.14 bits per heavy atom. The summed E-state index contributed by atoms with van der Waals surface area (Å²) in [5.74, 6) is 1.21. The molecule has 4 heteroatoms. The first-order chi connectivity index (χ1) is 10.1. The third-order valence-corrected chi connectivity index (χ3v) is 4.20. The summed E-state index contributed by atoms with van der Waals surface area (Å²) in [5.41, 5.74) is 1.15. The van der Waals surface area contributed by atoms with E-state index in [2.05, 4.69) is 35.1 Å².